The average molecular weight is 184 g/mol. The predicted octanol–water partition coefficient (Wildman–Crippen LogP) is 1.86. The number of carbonyl (C=O) groups excluding carboxylic acids is 1. The normalized spacial score (nSPS) is 34.6. The third-order valence-corrected chi connectivity index (χ3v) is 3.28. The fourth-order valence-electron chi connectivity index (χ4n) is 2.03. The molecule has 0 aromatic rings. The summed E-state index contributed by atoms with van der Waals surface area (Å²) in [6.07, 6.45) is 2.41. The molecule has 0 heterocycles. The van der Waals surface area contributed by atoms with Crippen molar-refractivity contribution in [2.75, 3.05) is 0 Å². The summed E-state index contributed by atoms with van der Waals surface area (Å²) in [6, 6.07) is 0. The quantitative estimate of drug-likeness (QED) is 0.712. The molecule has 1 fully saturated rings. The zero-order valence-electron chi connectivity index (χ0n) is 8.17. The van der Waals surface area contributed by atoms with Crippen LogP contribution in [0.15, 0.2) is 0 Å². The van der Waals surface area contributed by atoms with Crippen LogP contribution in [0.2, 0.25) is 0 Å². The van der Waals surface area contributed by atoms with Crippen molar-refractivity contribution >= 4 is 11.8 Å². The first-order chi connectivity index (χ1) is 5.97. The van der Waals surface area contributed by atoms with Gasteiger partial charge in [0.15, 0.2) is 0 Å². The lowest BCUT2D eigenvalue weighted by atomic mass is 9.65. The molecule has 3 heteroatoms. The summed E-state index contributed by atoms with van der Waals surface area (Å²) in [5.41, 5.74) is -0.621. The van der Waals surface area contributed by atoms with Crippen molar-refractivity contribution in [2.45, 2.75) is 39.5 Å². The van der Waals surface area contributed by atoms with Crippen LogP contribution in [0.4, 0.5) is 0 Å². The summed E-state index contributed by atoms with van der Waals surface area (Å²) in [5.74, 6) is -0.553. The van der Waals surface area contributed by atoms with Crippen molar-refractivity contribution in [1.29, 1.82) is 0 Å². The van der Waals surface area contributed by atoms with Crippen LogP contribution >= 0.6 is 0 Å². The summed E-state index contributed by atoms with van der Waals surface area (Å²) in [6.45, 7) is 3.76. The second-order valence-corrected chi connectivity index (χ2v) is 4.20. The summed E-state index contributed by atoms with van der Waals surface area (Å²) in [5, 5.41) is 8.71. The molecular weight excluding hydrogens is 168 g/mol. The van der Waals surface area contributed by atoms with Gasteiger partial charge in [0.25, 0.3) is 0 Å². The molecule has 0 radical (unpaired) electrons. The van der Waals surface area contributed by atoms with E-state index < -0.39 is 11.4 Å². The number of carbonyl (C=O) groups is 2. The van der Waals surface area contributed by atoms with Crippen LogP contribution in [-0.2, 0) is 9.59 Å². The van der Waals surface area contributed by atoms with Gasteiger partial charge in [-0.25, -0.2) is 0 Å². The first kappa shape index (κ1) is 10.2. The first-order valence-electron chi connectivity index (χ1n) is 4.72. The third-order valence-electron chi connectivity index (χ3n) is 3.28. The number of carboxylic acids is 1. The monoisotopic (exact) mass is 184 g/mol. The Balaban J connectivity index is 2.81. The Morgan fingerprint density at radius 3 is 2.77 bits per heavy atom. The van der Waals surface area contributed by atoms with Crippen LogP contribution in [0, 0.1) is 11.3 Å². The van der Waals surface area contributed by atoms with Crippen molar-refractivity contribution in [1.82, 2.24) is 0 Å². The minimum Gasteiger partial charge on any atom is -0.481 e. The van der Waals surface area contributed by atoms with Crippen LogP contribution in [0.25, 0.3) is 0 Å². The van der Waals surface area contributed by atoms with Crippen LogP contribution in [0.1, 0.15) is 39.5 Å². The van der Waals surface area contributed by atoms with Gasteiger partial charge in [-0.1, -0.05) is 13.8 Å². The van der Waals surface area contributed by atoms with Crippen molar-refractivity contribution in [2.24, 2.45) is 11.3 Å². The van der Waals surface area contributed by atoms with E-state index >= 15 is 0 Å². The second kappa shape index (κ2) is 3.48. The smallest absolute Gasteiger partial charge is 0.304 e. The molecule has 13 heavy (non-hydrogen) atoms. The average Bonchev–Trinajstić information content (AvgIpc) is 1.99. The largest absolute Gasteiger partial charge is 0.481 e. The number of ketones is 1. The van der Waals surface area contributed by atoms with Crippen LogP contribution in [0.5, 0.6) is 0 Å². The number of aliphatic carboxylic acids is 1. The molecule has 1 N–H and O–H groups in total. The zero-order valence-corrected chi connectivity index (χ0v) is 8.17. The number of hydrogen-bond acceptors (Lipinski definition) is 2. The highest BCUT2D eigenvalue weighted by atomic mass is 16.4. The van der Waals surface area contributed by atoms with Gasteiger partial charge in [-0.05, 0) is 18.8 Å². The lowest BCUT2D eigenvalue weighted by Crippen LogP contribution is -2.39. The minimum atomic E-state index is -0.871. The van der Waals surface area contributed by atoms with Crippen molar-refractivity contribution in [3.63, 3.8) is 0 Å². The Morgan fingerprint density at radius 2 is 2.31 bits per heavy atom. The molecule has 1 rings (SSSR count). The van der Waals surface area contributed by atoms with Gasteiger partial charge in [-0.3, -0.25) is 9.59 Å². The molecular formula is C10H16O3. The number of rotatable bonds is 2. The Bertz CT molecular complexity index is 234. The summed E-state index contributed by atoms with van der Waals surface area (Å²) < 4.78 is 0. The van der Waals surface area contributed by atoms with E-state index in [9.17, 15) is 9.59 Å². The van der Waals surface area contributed by atoms with E-state index in [1.165, 1.54) is 0 Å². The van der Waals surface area contributed by atoms with Crippen LogP contribution < -0.4 is 0 Å². The van der Waals surface area contributed by atoms with Gasteiger partial charge >= 0.3 is 5.97 Å². The molecule has 1 saturated carbocycles. The Labute approximate surface area is 78.1 Å². The van der Waals surface area contributed by atoms with E-state index in [0.717, 1.165) is 12.8 Å². The molecule has 0 saturated heterocycles. The molecule has 74 valence electrons. The highest BCUT2D eigenvalue weighted by molar-refractivity contribution is 5.89. The highest BCUT2D eigenvalue weighted by Gasteiger charge is 2.42. The van der Waals surface area contributed by atoms with E-state index in [1.54, 1.807) is 6.92 Å². The first-order valence-corrected chi connectivity index (χ1v) is 4.72. The molecule has 1 aliphatic rings. The molecule has 2 unspecified atom stereocenters. The van der Waals surface area contributed by atoms with Crippen LogP contribution in [-0.4, -0.2) is 16.9 Å². The standard InChI is InChI=1S/C10H16O3/c1-7-4-3-5-8(11)10(7,2)6-9(12)13/h7H,3-6H2,1-2H3,(H,12,13). The lowest BCUT2D eigenvalue weighted by molar-refractivity contribution is -0.147. The van der Waals surface area contributed by atoms with Gasteiger partial charge in [0.2, 0.25) is 0 Å². The number of hydrogen-bond donors (Lipinski definition) is 1. The maximum atomic E-state index is 11.6. The Kier molecular flexibility index (Phi) is 2.74. The van der Waals surface area contributed by atoms with E-state index in [2.05, 4.69) is 0 Å². The third kappa shape index (κ3) is 1.90. The molecule has 0 aromatic heterocycles. The van der Waals surface area contributed by atoms with Crippen molar-refractivity contribution in [3.8, 4) is 0 Å². The zero-order chi connectivity index (χ0) is 10.1. The van der Waals surface area contributed by atoms with Gasteiger partial charge < -0.3 is 5.11 Å². The molecule has 0 aliphatic heterocycles. The minimum absolute atomic E-state index is 0.0208. The van der Waals surface area contributed by atoms with Gasteiger partial charge in [0.05, 0.1) is 6.42 Å². The molecule has 0 spiro atoms. The molecule has 0 aromatic carbocycles. The summed E-state index contributed by atoms with van der Waals surface area (Å²) in [7, 11) is 0. The fourth-order valence-corrected chi connectivity index (χ4v) is 2.03. The summed E-state index contributed by atoms with van der Waals surface area (Å²) >= 11 is 0. The SMILES string of the molecule is CC1CCCC(=O)C1(C)CC(=O)O. The van der Waals surface area contributed by atoms with E-state index in [-0.39, 0.29) is 18.1 Å². The second-order valence-electron chi connectivity index (χ2n) is 4.20. The number of carboxylic acid groups (broad SMARTS) is 1. The molecule has 1 aliphatic carbocycles. The maximum absolute atomic E-state index is 11.6. The maximum Gasteiger partial charge on any atom is 0.304 e. The molecule has 0 bridgehead atoms. The van der Waals surface area contributed by atoms with Gasteiger partial charge in [0, 0.05) is 11.8 Å². The van der Waals surface area contributed by atoms with E-state index in [1.807, 2.05) is 6.92 Å². The van der Waals surface area contributed by atoms with E-state index in [0.29, 0.717) is 6.42 Å². The Hall–Kier alpha value is -0.860. The Morgan fingerprint density at radius 1 is 1.69 bits per heavy atom. The summed E-state index contributed by atoms with van der Waals surface area (Å²) in [4.78, 5) is 22.2. The topological polar surface area (TPSA) is 54.4 Å². The van der Waals surface area contributed by atoms with Gasteiger partial charge in [-0.2, -0.15) is 0 Å². The highest BCUT2D eigenvalue weighted by Crippen LogP contribution is 2.40. The lowest BCUT2D eigenvalue weighted by Gasteiger charge is -2.36. The van der Waals surface area contributed by atoms with Gasteiger partial charge in [0.1, 0.15) is 5.78 Å². The van der Waals surface area contributed by atoms with Crippen LogP contribution in [0.3, 0.4) is 0 Å². The van der Waals surface area contributed by atoms with E-state index in [4.69, 9.17) is 5.11 Å². The molecule has 3 nitrogen and oxygen atoms in total. The van der Waals surface area contributed by atoms with Gasteiger partial charge in [-0.15, -0.1) is 0 Å². The van der Waals surface area contributed by atoms with Crippen molar-refractivity contribution < 1.29 is 14.7 Å². The fraction of sp³-hybridized carbons (Fsp3) is 0.800. The predicted molar refractivity (Wildman–Crippen MR) is 48.4 cm³/mol. The van der Waals surface area contributed by atoms with Crippen molar-refractivity contribution in [3.05, 3.63) is 0 Å². The molecule has 2 atom stereocenters. The molecule has 0 amide bonds. The number of Topliss-reactive ketones (excluding diaryl/α,β-unsaturated/α-hetero) is 1.